The molecule has 0 N–H and O–H groups in total. The zero-order chi connectivity index (χ0) is 94.9. The first kappa shape index (κ1) is 88.8. The van der Waals surface area contributed by atoms with Crippen LogP contribution in [0.4, 0.5) is 22.0 Å². The normalized spacial score (nSPS) is 13.3. The fraction of sp³-hybridized carbons (Fsp3) is 0.118. The maximum atomic E-state index is 15.4. The van der Waals surface area contributed by atoms with Gasteiger partial charge in [0.1, 0.15) is 34.2 Å². The van der Waals surface area contributed by atoms with Crippen LogP contribution in [0.15, 0.2) is 317 Å². The van der Waals surface area contributed by atoms with E-state index in [1.54, 1.807) is 180 Å². The van der Waals surface area contributed by atoms with E-state index in [-0.39, 0.29) is 91.3 Å². The third kappa shape index (κ3) is 18.3. The van der Waals surface area contributed by atoms with Crippen molar-refractivity contribution in [3.05, 3.63) is 441 Å². The summed E-state index contributed by atoms with van der Waals surface area (Å²) in [5.74, 6) is -2.17. The molecule has 10 aromatic heterocycles. The van der Waals surface area contributed by atoms with Crippen LogP contribution in [0.1, 0.15) is 114 Å². The molecule has 22 nitrogen and oxygen atoms in total. The summed E-state index contributed by atoms with van der Waals surface area (Å²) in [6, 6.07) is 74.4. The first-order chi connectivity index (χ1) is 67.1. The first-order valence-corrected chi connectivity index (χ1v) is 44.7. The van der Waals surface area contributed by atoms with Crippen LogP contribution in [0.25, 0.3) is 99.1 Å². The zero-order valence-electron chi connectivity index (χ0n) is 74.5. The number of aromatic nitrogens is 12. The number of carbonyl (C=O) groups excluding carboxylic acids is 5. The molecule has 0 fully saturated rings. The highest BCUT2D eigenvalue weighted by atomic mass is 35.5. The Labute approximate surface area is 792 Å². The number of para-hydroxylation sites is 1. The number of amides is 5. The van der Waals surface area contributed by atoms with E-state index in [4.69, 9.17) is 11.6 Å². The molecule has 0 saturated heterocycles. The molecule has 5 aliphatic rings. The van der Waals surface area contributed by atoms with E-state index >= 15 is 4.39 Å². The van der Waals surface area contributed by atoms with Gasteiger partial charge in [-0.25, -0.2) is 26.9 Å². The standard InChI is InChI=1S/2C23H16FN3O.2C22H17FN4O.C20H15ClFN3O/c24-21-11-16(15-3-5-18-12-25-9-7-17(18)10-15)4-6-19(21)13-27-14-22-20(23(27)28)2-1-8-26-22;24-20-12-15(17-9-11-26-21-6-2-1-4-18(17)21)7-8-16(20)13-27-14-22-19(23(27)28)5-3-10-25-22;1-26-12-18-15(6-3-9-19(18)25-26)16-7-2-5-14(21(16)23)11-27-13-20-17(22(27)28)8-4-10-24-20;1-26-11-16-5-4-15(10-20(16)25-26)14-6-7-19(23)17(9-14)12-27-13-21-18(22(27)28)3-2-8-24-21;1-12-7-15(9-24-19(12)21)13-4-5-14(17(22)8-13)10-25-11-18-16(20(25)26)3-2-6-23-18/h2*1-12H,13-14H2;2-10,12H,11,13H2,1H3;2-11H,12-13H2,1H3;2-9H,10-11H2,1H3. The minimum atomic E-state index is -0.355. The highest BCUT2D eigenvalue weighted by Gasteiger charge is 2.35. The van der Waals surface area contributed by atoms with E-state index in [0.717, 1.165) is 128 Å². The molecule has 5 amide bonds. The van der Waals surface area contributed by atoms with Gasteiger partial charge in [-0.15, -0.1) is 0 Å². The summed E-state index contributed by atoms with van der Waals surface area (Å²) < 4.78 is 77.7. The van der Waals surface area contributed by atoms with Crippen LogP contribution >= 0.6 is 11.6 Å². The number of benzene rings is 9. The number of halogens is 6. The second-order valence-electron chi connectivity index (χ2n) is 34.1. The summed E-state index contributed by atoms with van der Waals surface area (Å²) in [5, 5.41) is 14.3. The molecule has 28 heteroatoms. The predicted octanol–water partition coefficient (Wildman–Crippen LogP) is 21.4. The zero-order valence-corrected chi connectivity index (χ0v) is 75.3. The van der Waals surface area contributed by atoms with Gasteiger partial charge in [-0.3, -0.25) is 68.2 Å². The second kappa shape index (κ2) is 38.1. The molecule has 0 saturated carbocycles. The summed E-state index contributed by atoms with van der Waals surface area (Å²) >= 11 is 5.94. The van der Waals surface area contributed by atoms with Gasteiger partial charge in [0.15, 0.2) is 0 Å². The third-order valence-corrected chi connectivity index (χ3v) is 25.4. The SMILES string of the molecule is Cc1cc(-c2ccc(CN3Cc4ncccc4C3=O)c(F)c2)cnc1Cl.Cn1cc2c(-c3cccc(CN4Cc5ncccc5C4=O)c3F)cccc2n1.Cn1cc2ccc(-c3ccc(F)c(CN4Cc5ncccc5C4=O)c3)cc2n1.O=C1c2cccnc2CN1Cc1ccc(-c2ccc3cnccc3c2)cc1F.O=C1c2cccnc2CN1Cc1ccc(-c2ccnc3ccccc23)cc1F. The molecular weight excluding hydrogens is 1770 g/mol. The van der Waals surface area contributed by atoms with E-state index in [9.17, 15) is 41.5 Å². The smallest absolute Gasteiger partial charge is 0.256 e. The van der Waals surface area contributed by atoms with Crippen LogP contribution in [0, 0.1) is 36.0 Å². The third-order valence-electron chi connectivity index (χ3n) is 25.0. The fourth-order valence-corrected chi connectivity index (χ4v) is 18.1. The Balaban J connectivity index is 0.000000106. The second-order valence-corrected chi connectivity index (χ2v) is 34.4. The number of rotatable bonds is 15. The van der Waals surface area contributed by atoms with Gasteiger partial charge in [-0.05, 0) is 196 Å². The molecule has 0 spiro atoms. The molecule has 0 aliphatic carbocycles. The van der Waals surface area contributed by atoms with E-state index in [2.05, 4.69) is 50.1 Å². The number of aryl methyl sites for hydroxylation is 3. The Hall–Kier alpha value is -17.1. The van der Waals surface area contributed by atoms with Crippen molar-refractivity contribution in [2.45, 2.75) is 72.4 Å². The number of hydrogen-bond acceptors (Lipinski definition) is 15. The number of carbonyl (C=O) groups is 5. The maximum absolute atomic E-state index is 15.4. The van der Waals surface area contributed by atoms with Gasteiger partial charge in [-0.1, -0.05) is 127 Å². The predicted molar refractivity (Wildman–Crippen MR) is 515 cm³/mol. The molecule has 0 unspecified atom stereocenters. The van der Waals surface area contributed by atoms with Crippen molar-refractivity contribution in [3.63, 3.8) is 0 Å². The minimum Gasteiger partial charge on any atom is -0.328 e. The molecule has 138 heavy (non-hydrogen) atoms. The summed E-state index contributed by atoms with van der Waals surface area (Å²) in [6.45, 7) is 4.95. The average molecular weight is 1850 g/mol. The average Bonchev–Trinajstić information content (AvgIpc) is 1.42. The van der Waals surface area contributed by atoms with Gasteiger partial charge in [0.2, 0.25) is 0 Å². The Kier molecular flexibility index (Phi) is 24.5. The largest absolute Gasteiger partial charge is 0.328 e. The maximum Gasteiger partial charge on any atom is 0.256 e. The topological polar surface area (TPSA) is 240 Å². The molecular formula is C110H81ClF5N17O5. The van der Waals surface area contributed by atoms with Crippen molar-refractivity contribution in [3.8, 4) is 55.6 Å². The van der Waals surface area contributed by atoms with Crippen molar-refractivity contribution < 1.29 is 45.9 Å². The van der Waals surface area contributed by atoms with Crippen molar-refractivity contribution in [1.82, 2.24) is 83.9 Å². The quantitative estimate of drug-likeness (QED) is 0.0685. The fourth-order valence-electron chi connectivity index (χ4n) is 18.0. The van der Waals surface area contributed by atoms with Gasteiger partial charge in [0, 0.05) is 175 Å². The molecule has 0 radical (unpaired) electrons. The lowest BCUT2D eigenvalue weighted by molar-refractivity contribution is 0.0757. The summed E-state index contributed by atoms with van der Waals surface area (Å²) in [5.41, 5.74) is 20.7. The Morgan fingerprint density at radius 3 is 1.25 bits per heavy atom. The summed E-state index contributed by atoms with van der Waals surface area (Å²) in [7, 11) is 3.73. The molecule has 0 atom stereocenters. The number of pyridine rings is 8. The number of nitrogens with zero attached hydrogens (tertiary/aromatic N) is 17. The Bertz CT molecular complexity index is 8080. The Morgan fingerprint density at radius 1 is 0.290 bits per heavy atom. The highest BCUT2D eigenvalue weighted by molar-refractivity contribution is 6.30. The van der Waals surface area contributed by atoms with E-state index in [1.165, 1.54) is 24.3 Å². The number of fused-ring (bicyclic) bond motifs is 9. The monoisotopic (exact) mass is 1850 g/mol. The lowest BCUT2D eigenvalue weighted by atomic mass is 9.99. The van der Waals surface area contributed by atoms with Crippen molar-refractivity contribution >= 4 is 84.6 Å². The summed E-state index contributed by atoms with van der Waals surface area (Å²) in [4.78, 5) is 104. The molecule has 15 heterocycles. The van der Waals surface area contributed by atoms with E-state index in [0.29, 0.717) is 99.1 Å². The van der Waals surface area contributed by atoms with Crippen LogP contribution in [-0.2, 0) is 79.5 Å². The van der Waals surface area contributed by atoms with Crippen molar-refractivity contribution in [2.24, 2.45) is 14.1 Å². The molecule has 9 aromatic carbocycles. The lowest BCUT2D eigenvalue weighted by Crippen LogP contribution is -2.23. The van der Waals surface area contributed by atoms with E-state index < -0.39 is 0 Å². The van der Waals surface area contributed by atoms with Crippen molar-refractivity contribution in [1.29, 1.82) is 0 Å². The van der Waals surface area contributed by atoms with Gasteiger partial charge >= 0.3 is 0 Å². The number of hydrogen-bond donors (Lipinski definition) is 0. The van der Waals surface area contributed by atoms with Crippen LogP contribution in [0.2, 0.25) is 5.15 Å². The minimum absolute atomic E-state index is 0.102. The van der Waals surface area contributed by atoms with Crippen LogP contribution in [-0.4, -0.2) is 113 Å². The van der Waals surface area contributed by atoms with Gasteiger partial charge < -0.3 is 24.5 Å². The highest BCUT2D eigenvalue weighted by Crippen LogP contribution is 2.38. The van der Waals surface area contributed by atoms with Gasteiger partial charge in [0.05, 0.1) is 106 Å². The molecule has 0 bridgehead atoms. The van der Waals surface area contributed by atoms with Crippen LogP contribution < -0.4 is 0 Å². The molecule has 19 aromatic rings. The van der Waals surface area contributed by atoms with E-state index in [1.807, 2.05) is 167 Å². The van der Waals surface area contributed by atoms with Crippen LogP contribution in [0.5, 0.6) is 0 Å². The molecule has 678 valence electrons. The van der Waals surface area contributed by atoms with Crippen molar-refractivity contribution in [2.75, 3.05) is 0 Å². The van der Waals surface area contributed by atoms with Crippen LogP contribution in [0.3, 0.4) is 0 Å². The lowest BCUT2D eigenvalue weighted by Gasteiger charge is -2.17. The molecule has 24 rings (SSSR count). The summed E-state index contributed by atoms with van der Waals surface area (Å²) in [6.07, 6.45) is 19.1. The molecule has 5 aliphatic heterocycles. The first-order valence-electron chi connectivity index (χ1n) is 44.4. The van der Waals surface area contributed by atoms with Gasteiger partial charge in [-0.2, -0.15) is 10.2 Å². The van der Waals surface area contributed by atoms with Gasteiger partial charge in [0.25, 0.3) is 29.5 Å². The Morgan fingerprint density at radius 2 is 0.717 bits per heavy atom.